The van der Waals surface area contributed by atoms with E-state index in [9.17, 15) is 12.8 Å². The smallest absolute Gasteiger partial charge is 0.185 e. The van der Waals surface area contributed by atoms with Gasteiger partial charge in [0.25, 0.3) is 0 Å². The van der Waals surface area contributed by atoms with Crippen molar-refractivity contribution in [3.8, 4) is 0 Å². The van der Waals surface area contributed by atoms with Crippen LogP contribution in [0.3, 0.4) is 0 Å². The van der Waals surface area contributed by atoms with E-state index in [1.807, 2.05) is 30.9 Å². The lowest BCUT2D eigenvalue weighted by atomic mass is 10.1. The molecule has 3 heterocycles. The number of benzene rings is 1. The van der Waals surface area contributed by atoms with Crippen LogP contribution in [0, 0.1) is 5.82 Å². The molecule has 1 atom stereocenters. The van der Waals surface area contributed by atoms with Crippen molar-refractivity contribution in [2.24, 2.45) is 0 Å². The highest BCUT2D eigenvalue weighted by Crippen LogP contribution is 2.25. The maximum atomic E-state index is 13.3. The van der Waals surface area contributed by atoms with Crippen molar-refractivity contribution in [1.82, 2.24) is 19.4 Å². The maximum absolute atomic E-state index is 13.3. The average Bonchev–Trinajstić information content (AvgIpc) is 3.48. The summed E-state index contributed by atoms with van der Waals surface area (Å²) in [6, 6.07) is 6.71. The quantitative estimate of drug-likeness (QED) is 0.457. The third-order valence-electron chi connectivity index (χ3n) is 6.19. The minimum Gasteiger partial charge on any atom is -0.346 e. The zero-order chi connectivity index (χ0) is 23.4. The number of rotatable bonds is 9. The van der Waals surface area contributed by atoms with Crippen molar-refractivity contribution in [3.05, 3.63) is 64.9 Å². The van der Waals surface area contributed by atoms with Crippen LogP contribution in [-0.2, 0) is 22.8 Å². The standard InChI is InChI=1S/C23H30FN5O2S2/c1-3-33(30,31)13-8-22-15-26-23(32-22)28-11-9-27(10-12-28)16-21-14-25-17-29(21)18(2)19-4-6-20(24)7-5-19/h4-7,14-15,17-18H,3,8-13,16H2,1-2H3. The topological polar surface area (TPSA) is 71.3 Å². The minimum absolute atomic E-state index is 0.0784. The first-order valence-electron chi connectivity index (χ1n) is 11.2. The van der Waals surface area contributed by atoms with Crippen LogP contribution in [0.1, 0.15) is 36.0 Å². The van der Waals surface area contributed by atoms with Crippen LogP contribution in [0.15, 0.2) is 43.0 Å². The predicted molar refractivity (Wildman–Crippen MR) is 130 cm³/mol. The van der Waals surface area contributed by atoms with Gasteiger partial charge in [-0.1, -0.05) is 19.1 Å². The second kappa shape index (κ2) is 10.3. The molecule has 0 saturated carbocycles. The van der Waals surface area contributed by atoms with Gasteiger partial charge in [-0.05, 0) is 31.0 Å². The molecule has 4 rings (SSSR count). The zero-order valence-corrected chi connectivity index (χ0v) is 20.7. The summed E-state index contributed by atoms with van der Waals surface area (Å²) in [6.07, 6.45) is 6.09. The van der Waals surface area contributed by atoms with E-state index >= 15 is 0 Å². The molecule has 0 spiro atoms. The van der Waals surface area contributed by atoms with Gasteiger partial charge in [0.05, 0.1) is 23.8 Å². The summed E-state index contributed by atoms with van der Waals surface area (Å²) < 4.78 is 38.9. The number of aryl methyl sites for hydroxylation is 1. The lowest BCUT2D eigenvalue weighted by molar-refractivity contribution is 0.243. The Morgan fingerprint density at radius 3 is 2.55 bits per heavy atom. The Morgan fingerprint density at radius 2 is 1.85 bits per heavy atom. The van der Waals surface area contributed by atoms with Gasteiger partial charge < -0.3 is 9.47 Å². The van der Waals surface area contributed by atoms with E-state index in [0.29, 0.717) is 6.42 Å². The molecule has 10 heteroatoms. The van der Waals surface area contributed by atoms with Gasteiger partial charge in [0.1, 0.15) is 15.7 Å². The highest BCUT2D eigenvalue weighted by molar-refractivity contribution is 7.91. The maximum Gasteiger partial charge on any atom is 0.185 e. The fraction of sp³-hybridized carbons (Fsp3) is 0.478. The summed E-state index contributed by atoms with van der Waals surface area (Å²) in [5.74, 6) is 0.138. The number of imidazole rings is 1. The van der Waals surface area contributed by atoms with Gasteiger partial charge in [-0.15, -0.1) is 11.3 Å². The molecule has 0 aliphatic carbocycles. The van der Waals surface area contributed by atoms with Gasteiger partial charge >= 0.3 is 0 Å². The molecular weight excluding hydrogens is 461 g/mol. The number of anilines is 1. The Balaban J connectivity index is 1.32. The van der Waals surface area contributed by atoms with Gasteiger partial charge in [0.2, 0.25) is 0 Å². The molecule has 3 aromatic rings. The molecule has 1 fully saturated rings. The van der Waals surface area contributed by atoms with Gasteiger partial charge in [0, 0.05) is 55.7 Å². The molecule has 1 aromatic carbocycles. The molecule has 7 nitrogen and oxygen atoms in total. The van der Waals surface area contributed by atoms with Gasteiger partial charge in [0.15, 0.2) is 5.13 Å². The monoisotopic (exact) mass is 491 g/mol. The highest BCUT2D eigenvalue weighted by Gasteiger charge is 2.22. The molecule has 0 radical (unpaired) electrons. The van der Waals surface area contributed by atoms with Gasteiger partial charge in [-0.2, -0.15) is 0 Å². The molecule has 0 bridgehead atoms. The van der Waals surface area contributed by atoms with Crippen molar-refractivity contribution in [1.29, 1.82) is 0 Å². The van der Waals surface area contributed by atoms with E-state index in [0.717, 1.165) is 54.0 Å². The second-order valence-corrected chi connectivity index (χ2v) is 11.9. The molecule has 1 aliphatic rings. The Hall–Kier alpha value is -2.30. The third kappa shape index (κ3) is 5.99. The van der Waals surface area contributed by atoms with Crippen LogP contribution in [0.5, 0.6) is 0 Å². The lowest BCUT2D eigenvalue weighted by Gasteiger charge is -2.34. The van der Waals surface area contributed by atoms with Gasteiger partial charge in [-0.3, -0.25) is 4.90 Å². The molecule has 2 aromatic heterocycles. The van der Waals surface area contributed by atoms with E-state index in [-0.39, 0.29) is 23.4 Å². The molecule has 178 valence electrons. The largest absolute Gasteiger partial charge is 0.346 e. The summed E-state index contributed by atoms with van der Waals surface area (Å²) in [6.45, 7) is 8.16. The highest BCUT2D eigenvalue weighted by atomic mass is 32.2. The van der Waals surface area contributed by atoms with Crippen LogP contribution >= 0.6 is 11.3 Å². The van der Waals surface area contributed by atoms with Gasteiger partial charge in [-0.25, -0.2) is 22.8 Å². The van der Waals surface area contributed by atoms with Crippen LogP contribution in [0.25, 0.3) is 0 Å². The molecule has 1 unspecified atom stereocenters. The number of nitrogens with zero attached hydrogens (tertiary/aromatic N) is 5. The van der Waals surface area contributed by atoms with Crippen molar-refractivity contribution in [3.63, 3.8) is 0 Å². The van der Waals surface area contributed by atoms with E-state index in [1.165, 1.54) is 12.1 Å². The third-order valence-corrected chi connectivity index (χ3v) is 9.01. The molecular formula is C23H30FN5O2S2. The van der Waals surface area contributed by atoms with Crippen molar-refractivity contribution in [2.45, 2.75) is 32.9 Å². The Kier molecular flexibility index (Phi) is 7.45. The summed E-state index contributed by atoms with van der Waals surface area (Å²) in [5.41, 5.74) is 2.18. The average molecular weight is 492 g/mol. The number of aromatic nitrogens is 3. The van der Waals surface area contributed by atoms with Crippen LogP contribution < -0.4 is 4.90 Å². The Morgan fingerprint density at radius 1 is 1.12 bits per heavy atom. The summed E-state index contributed by atoms with van der Waals surface area (Å²) >= 11 is 1.59. The minimum atomic E-state index is -2.96. The normalized spacial score (nSPS) is 16.3. The van der Waals surface area contributed by atoms with E-state index in [4.69, 9.17) is 0 Å². The number of thiazole rings is 1. The van der Waals surface area contributed by atoms with Crippen molar-refractivity contribution in [2.75, 3.05) is 42.6 Å². The first-order valence-corrected chi connectivity index (χ1v) is 13.9. The zero-order valence-electron chi connectivity index (χ0n) is 19.0. The SMILES string of the molecule is CCS(=O)(=O)CCc1cnc(N2CCN(Cc3cncn3C(C)c3ccc(F)cc3)CC2)s1. The van der Waals surface area contributed by atoms with E-state index in [1.54, 1.807) is 18.3 Å². The molecule has 1 saturated heterocycles. The summed E-state index contributed by atoms with van der Waals surface area (Å²) in [5, 5.41) is 0.966. The van der Waals surface area contributed by atoms with E-state index in [2.05, 4.69) is 31.3 Å². The summed E-state index contributed by atoms with van der Waals surface area (Å²) in [7, 11) is -2.96. The number of halogens is 1. The summed E-state index contributed by atoms with van der Waals surface area (Å²) in [4.78, 5) is 14.6. The van der Waals surface area contributed by atoms with Crippen LogP contribution in [0.4, 0.5) is 9.52 Å². The first kappa shape index (κ1) is 23.8. The molecule has 0 amide bonds. The number of hydrogen-bond donors (Lipinski definition) is 0. The molecule has 1 aliphatic heterocycles. The number of sulfone groups is 1. The first-order chi connectivity index (χ1) is 15.8. The lowest BCUT2D eigenvalue weighted by Crippen LogP contribution is -2.46. The van der Waals surface area contributed by atoms with Crippen molar-refractivity contribution < 1.29 is 12.8 Å². The fourth-order valence-corrected chi connectivity index (χ4v) is 5.90. The van der Waals surface area contributed by atoms with Crippen LogP contribution in [-0.4, -0.2) is 65.5 Å². The number of piperazine rings is 1. The van der Waals surface area contributed by atoms with Crippen LogP contribution in [0.2, 0.25) is 0 Å². The Labute approximate surface area is 198 Å². The molecule has 0 N–H and O–H groups in total. The Bertz CT molecular complexity index is 1150. The fourth-order valence-electron chi connectivity index (χ4n) is 3.99. The molecule has 33 heavy (non-hydrogen) atoms. The second-order valence-electron chi connectivity index (χ2n) is 8.38. The number of hydrogen-bond acceptors (Lipinski definition) is 7. The van der Waals surface area contributed by atoms with E-state index < -0.39 is 9.84 Å². The van der Waals surface area contributed by atoms with Crippen molar-refractivity contribution >= 4 is 26.3 Å². The predicted octanol–water partition coefficient (Wildman–Crippen LogP) is 3.39.